The number of hydrogen-bond donors (Lipinski definition) is 0. The summed E-state index contributed by atoms with van der Waals surface area (Å²) in [5.74, 6) is 1.97. The van der Waals surface area contributed by atoms with Crippen molar-refractivity contribution in [1.82, 2.24) is 15.0 Å². The number of hydrogen-bond acceptors (Lipinski definition) is 5. The minimum Gasteiger partial charge on any atom is -0.384 e. The summed E-state index contributed by atoms with van der Waals surface area (Å²) in [6.45, 7) is 7.23. The predicted molar refractivity (Wildman–Crippen MR) is 92.9 cm³/mol. The zero-order chi connectivity index (χ0) is 17.4. The van der Waals surface area contributed by atoms with Crippen LogP contribution in [0, 0.1) is 24.2 Å². The summed E-state index contributed by atoms with van der Waals surface area (Å²) in [6, 6.07) is 2.01. The van der Waals surface area contributed by atoms with Crippen LogP contribution in [0.4, 0.5) is 0 Å². The largest absolute Gasteiger partial charge is 0.384 e. The van der Waals surface area contributed by atoms with Gasteiger partial charge in [0.1, 0.15) is 5.76 Å². The predicted octanol–water partition coefficient (Wildman–Crippen LogP) is 2.08. The number of amides is 1. The molecule has 3 heterocycles. The molecule has 1 saturated carbocycles. The molecule has 1 atom stereocenters. The molecule has 0 bridgehead atoms. The molecule has 2 aliphatic heterocycles. The van der Waals surface area contributed by atoms with Crippen LogP contribution in [0.1, 0.15) is 37.1 Å². The van der Waals surface area contributed by atoms with Crippen LogP contribution in [-0.4, -0.2) is 60.8 Å². The third kappa shape index (κ3) is 3.47. The Morgan fingerprint density at radius 2 is 2.12 bits per heavy atom. The molecule has 1 spiro atoms. The minimum absolute atomic E-state index is 0.0349. The topological polar surface area (TPSA) is 58.8 Å². The average molecular weight is 347 g/mol. The molecule has 0 N–H and O–H groups in total. The summed E-state index contributed by atoms with van der Waals surface area (Å²) in [4.78, 5) is 17.5. The smallest absolute Gasteiger partial charge is 0.228 e. The van der Waals surface area contributed by atoms with E-state index in [4.69, 9.17) is 9.26 Å². The minimum atomic E-state index is 0.0349. The molecule has 1 amide bonds. The summed E-state index contributed by atoms with van der Waals surface area (Å²) in [5.41, 5.74) is 1.10. The molecule has 3 fully saturated rings. The SMILES string of the molecule is COC[C@@H]1C(=O)N(CC2CC2)CC12CCN(Cc1cc(C)on1)CC2. The first-order valence-corrected chi connectivity index (χ1v) is 9.52. The Morgan fingerprint density at radius 1 is 1.36 bits per heavy atom. The van der Waals surface area contributed by atoms with Gasteiger partial charge in [-0.1, -0.05) is 5.16 Å². The van der Waals surface area contributed by atoms with Crippen molar-refractivity contribution in [3.8, 4) is 0 Å². The van der Waals surface area contributed by atoms with Crippen LogP contribution < -0.4 is 0 Å². The molecular formula is C19H29N3O3. The van der Waals surface area contributed by atoms with Crippen molar-refractivity contribution >= 4 is 5.91 Å². The van der Waals surface area contributed by atoms with Crippen molar-refractivity contribution in [2.24, 2.45) is 17.3 Å². The van der Waals surface area contributed by atoms with Crippen molar-refractivity contribution < 1.29 is 14.1 Å². The molecule has 0 radical (unpaired) electrons. The summed E-state index contributed by atoms with van der Waals surface area (Å²) >= 11 is 0. The lowest BCUT2D eigenvalue weighted by Crippen LogP contribution is -2.45. The zero-order valence-corrected chi connectivity index (χ0v) is 15.4. The Morgan fingerprint density at radius 3 is 2.72 bits per heavy atom. The molecular weight excluding hydrogens is 318 g/mol. The standard InChI is InChI=1S/C19H29N3O3/c1-14-9-16(20-25-14)11-21-7-5-19(6-8-21)13-22(10-15-3-4-15)18(23)17(19)12-24-2/h9,15,17H,3-8,10-13H2,1-2H3/t17-/m1/s1. The number of aryl methyl sites for hydroxylation is 1. The van der Waals surface area contributed by atoms with Crippen LogP contribution in [0.25, 0.3) is 0 Å². The fourth-order valence-corrected chi connectivity index (χ4v) is 4.62. The van der Waals surface area contributed by atoms with Crippen molar-refractivity contribution in [2.75, 3.05) is 39.9 Å². The fourth-order valence-electron chi connectivity index (χ4n) is 4.62. The van der Waals surface area contributed by atoms with E-state index < -0.39 is 0 Å². The van der Waals surface area contributed by atoms with E-state index in [0.717, 1.165) is 62.9 Å². The van der Waals surface area contributed by atoms with Crippen LogP contribution in [-0.2, 0) is 16.1 Å². The van der Waals surface area contributed by atoms with Gasteiger partial charge in [0.15, 0.2) is 0 Å². The molecule has 1 aliphatic carbocycles. The van der Waals surface area contributed by atoms with Gasteiger partial charge < -0.3 is 14.2 Å². The lowest BCUT2D eigenvalue weighted by atomic mass is 9.71. The summed E-state index contributed by atoms with van der Waals surface area (Å²) in [5, 5.41) is 4.11. The molecule has 1 aromatic heterocycles. The Kier molecular flexibility index (Phi) is 4.58. The van der Waals surface area contributed by atoms with Gasteiger partial charge in [0, 0.05) is 38.2 Å². The quantitative estimate of drug-likeness (QED) is 0.788. The highest BCUT2D eigenvalue weighted by molar-refractivity contribution is 5.82. The Labute approximate surface area is 149 Å². The van der Waals surface area contributed by atoms with Crippen LogP contribution >= 0.6 is 0 Å². The average Bonchev–Trinajstić information content (AvgIpc) is 3.27. The van der Waals surface area contributed by atoms with Crippen molar-refractivity contribution in [1.29, 1.82) is 0 Å². The first-order valence-electron chi connectivity index (χ1n) is 9.52. The number of ether oxygens (including phenoxy) is 1. The van der Waals surface area contributed by atoms with Crippen LogP contribution in [0.2, 0.25) is 0 Å². The van der Waals surface area contributed by atoms with E-state index in [1.807, 2.05) is 13.0 Å². The van der Waals surface area contributed by atoms with E-state index >= 15 is 0 Å². The maximum atomic E-state index is 12.9. The Balaban J connectivity index is 1.41. The van der Waals surface area contributed by atoms with Gasteiger partial charge in [-0.05, 0) is 51.6 Å². The van der Waals surface area contributed by atoms with Gasteiger partial charge in [-0.2, -0.15) is 0 Å². The van der Waals surface area contributed by atoms with E-state index in [-0.39, 0.29) is 11.3 Å². The monoisotopic (exact) mass is 347 g/mol. The highest BCUT2D eigenvalue weighted by atomic mass is 16.5. The number of carbonyl (C=O) groups is 1. The number of nitrogens with zero attached hydrogens (tertiary/aromatic N) is 3. The van der Waals surface area contributed by atoms with E-state index in [1.165, 1.54) is 12.8 Å². The van der Waals surface area contributed by atoms with Crippen molar-refractivity contribution in [3.05, 3.63) is 17.5 Å². The van der Waals surface area contributed by atoms with E-state index in [2.05, 4.69) is 15.0 Å². The van der Waals surface area contributed by atoms with Gasteiger partial charge >= 0.3 is 0 Å². The highest BCUT2D eigenvalue weighted by Gasteiger charge is 2.53. The Bertz CT molecular complexity index is 617. The number of methoxy groups -OCH3 is 1. The third-order valence-electron chi connectivity index (χ3n) is 6.28. The van der Waals surface area contributed by atoms with Crippen molar-refractivity contribution in [3.63, 3.8) is 0 Å². The molecule has 25 heavy (non-hydrogen) atoms. The molecule has 1 aromatic rings. The molecule has 0 unspecified atom stereocenters. The lowest BCUT2D eigenvalue weighted by molar-refractivity contribution is -0.133. The molecule has 4 rings (SSSR count). The lowest BCUT2D eigenvalue weighted by Gasteiger charge is -2.41. The number of piperidine rings is 1. The number of likely N-dealkylation sites (tertiary alicyclic amines) is 2. The molecule has 138 valence electrons. The van der Waals surface area contributed by atoms with Gasteiger partial charge in [-0.15, -0.1) is 0 Å². The molecule has 6 heteroatoms. The molecule has 2 saturated heterocycles. The van der Waals surface area contributed by atoms with E-state index in [9.17, 15) is 4.79 Å². The summed E-state index contributed by atoms with van der Waals surface area (Å²) in [7, 11) is 1.71. The van der Waals surface area contributed by atoms with Gasteiger partial charge in [0.05, 0.1) is 18.2 Å². The van der Waals surface area contributed by atoms with Crippen LogP contribution in [0.3, 0.4) is 0 Å². The zero-order valence-electron chi connectivity index (χ0n) is 15.4. The maximum absolute atomic E-state index is 12.9. The van der Waals surface area contributed by atoms with E-state index in [0.29, 0.717) is 12.5 Å². The van der Waals surface area contributed by atoms with Gasteiger partial charge in [0.2, 0.25) is 5.91 Å². The highest BCUT2D eigenvalue weighted by Crippen LogP contribution is 2.46. The van der Waals surface area contributed by atoms with Crippen LogP contribution in [0.15, 0.2) is 10.6 Å². The van der Waals surface area contributed by atoms with Crippen molar-refractivity contribution in [2.45, 2.75) is 39.2 Å². The molecule has 3 aliphatic rings. The van der Waals surface area contributed by atoms with Gasteiger partial charge in [-0.3, -0.25) is 9.69 Å². The second-order valence-corrected chi connectivity index (χ2v) is 8.24. The number of carbonyl (C=O) groups excluding carboxylic acids is 1. The van der Waals surface area contributed by atoms with Gasteiger partial charge in [-0.25, -0.2) is 0 Å². The first kappa shape index (κ1) is 17.0. The molecule has 0 aromatic carbocycles. The first-order chi connectivity index (χ1) is 12.1. The maximum Gasteiger partial charge on any atom is 0.228 e. The summed E-state index contributed by atoms with van der Waals surface area (Å²) in [6.07, 6.45) is 4.70. The van der Waals surface area contributed by atoms with Gasteiger partial charge in [0.25, 0.3) is 0 Å². The number of rotatable bonds is 6. The Hall–Kier alpha value is -1.40. The fraction of sp³-hybridized carbons (Fsp3) is 0.789. The third-order valence-corrected chi connectivity index (χ3v) is 6.28. The molecule has 6 nitrogen and oxygen atoms in total. The second kappa shape index (κ2) is 6.72. The second-order valence-electron chi connectivity index (χ2n) is 8.24. The number of aromatic nitrogens is 1. The van der Waals surface area contributed by atoms with Crippen LogP contribution in [0.5, 0.6) is 0 Å². The summed E-state index contributed by atoms with van der Waals surface area (Å²) < 4.78 is 10.6. The normalized spacial score (nSPS) is 26.7. The van der Waals surface area contributed by atoms with E-state index in [1.54, 1.807) is 7.11 Å².